The van der Waals surface area contributed by atoms with Crippen molar-refractivity contribution in [3.8, 4) is 0 Å². The monoisotopic (exact) mass is 294 g/mol. The highest BCUT2D eigenvalue weighted by Crippen LogP contribution is 2.27. The van der Waals surface area contributed by atoms with Crippen LogP contribution in [-0.4, -0.2) is 31.1 Å². The minimum atomic E-state index is 0.560. The molecule has 2 unspecified atom stereocenters. The van der Waals surface area contributed by atoms with E-state index in [2.05, 4.69) is 78.8 Å². The van der Waals surface area contributed by atoms with E-state index >= 15 is 0 Å². The third-order valence-corrected chi connectivity index (χ3v) is 4.58. The molecule has 0 aromatic heterocycles. The molecule has 0 saturated carbocycles. The summed E-state index contributed by atoms with van der Waals surface area (Å²) in [6.07, 6.45) is 1.22. The first kappa shape index (κ1) is 15.3. The van der Waals surface area contributed by atoms with Gasteiger partial charge in [0.25, 0.3) is 0 Å². The van der Waals surface area contributed by atoms with E-state index in [0.717, 1.165) is 19.6 Å². The van der Waals surface area contributed by atoms with Crippen molar-refractivity contribution in [2.24, 2.45) is 0 Å². The van der Waals surface area contributed by atoms with Crippen molar-refractivity contribution in [2.75, 3.05) is 20.1 Å². The zero-order valence-electron chi connectivity index (χ0n) is 13.6. The van der Waals surface area contributed by atoms with Gasteiger partial charge in [-0.05, 0) is 37.4 Å². The zero-order chi connectivity index (χ0) is 15.4. The van der Waals surface area contributed by atoms with E-state index in [1.165, 1.54) is 23.1 Å². The molecule has 0 spiro atoms. The molecule has 1 saturated heterocycles. The fourth-order valence-corrected chi connectivity index (χ4v) is 3.49. The summed E-state index contributed by atoms with van der Waals surface area (Å²) in [7, 11) is 2.24. The Morgan fingerprint density at radius 1 is 1.05 bits per heavy atom. The summed E-state index contributed by atoms with van der Waals surface area (Å²) in [6, 6.07) is 20.2. The maximum Gasteiger partial charge on any atom is 0.0208 e. The molecule has 1 aliphatic heterocycles. The van der Waals surface area contributed by atoms with E-state index in [1.807, 2.05) is 0 Å². The number of likely N-dealkylation sites (tertiary alicyclic amines) is 1. The molecule has 0 bridgehead atoms. The van der Waals surface area contributed by atoms with E-state index in [1.54, 1.807) is 0 Å². The summed E-state index contributed by atoms with van der Waals surface area (Å²) in [5.74, 6) is 0.631. The SMILES string of the molecule is Cc1cccc(C2CC(NCc3ccccc3)CN(C)C2)c1. The van der Waals surface area contributed by atoms with Gasteiger partial charge in [-0.3, -0.25) is 0 Å². The van der Waals surface area contributed by atoms with Crippen LogP contribution in [0.5, 0.6) is 0 Å². The van der Waals surface area contributed by atoms with Crippen molar-refractivity contribution in [1.82, 2.24) is 10.2 Å². The topological polar surface area (TPSA) is 15.3 Å². The molecule has 2 heteroatoms. The predicted octanol–water partition coefficient (Wildman–Crippen LogP) is 3.57. The average molecular weight is 294 g/mol. The molecular weight excluding hydrogens is 268 g/mol. The van der Waals surface area contributed by atoms with Gasteiger partial charge in [0.1, 0.15) is 0 Å². The number of piperidine rings is 1. The van der Waals surface area contributed by atoms with Crippen molar-refractivity contribution in [3.05, 3.63) is 71.3 Å². The van der Waals surface area contributed by atoms with Crippen molar-refractivity contribution >= 4 is 0 Å². The van der Waals surface area contributed by atoms with Gasteiger partial charge in [0, 0.05) is 25.7 Å². The van der Waals surface area contributed by atoms with Gasteiger partial charge < -0.3 is 10.2 Å². The van der Waals surface area contributed by atoms with Crippen molar-refractivity contribution in [3.63, 3.8) is 0 Å². The average Bonchev–Trinajstić information content (AvgIpc) is 2.53. The maximum absolute atomic E-state index is 3.74. The fraction of sp³-hybridized carbons (Fsp3) is 0.400. The maximum atomic E-state index is 3.74. The molecule has 1 fully saturated rings. The zero-order valence-corrected chi connectivity index (χ0v) is 13.6. The van der Waals surface area contributed by atoms with Crippen LogP contribution in [0.2, 0.25) is 0 Å². The lowest BCUT2D eigenvalue weighted by molar-refractivity contribution is 0.204. The largest absolute Gasteiger partial charge is 0.309 e. The summed E-state index contributed by atoms with van der Waals surface area (Å²) in [5, 5.41) is 3.74. The Labute approximate surface area is 134 Å². The van der Waals surface area contributed by atoms with Gasteiger partial charge in [0.05, 0.1) is 0 Å². The first-order valence-electron chi connectivity index (χ1n) is 8.23. The van der Waals surface area contributed by atoms with E-state index in [0.29, 0.717) is 12.0 Å². The number of nitrogens with one attached hydrogen (secondary N) is 1. The third kappa shape index (κ3) is 3.96. The Morgan fingerprint density at radius 2 is 1.86 bits per heavy atom. The van der Waals surface area contributed by atoms with Crippen LogP contribution in [0.25, 0.3) is 0 Å². The number of benzene rings is 2. The number of hydrogen-bond acceptors (Lipinski definition) is 2. The molecule has 0 amide bonds. The lowest BCUT2D eigenvalue weighted by Gasteiger charge is -2.36. The number of aryl methyl sites for hydroxylation is 1. The molecule has 116 valence electrons. The van der Waals surface area contributed by atoms with Crippen LogP contribution in [-0.2, 0) is 6.54 Å². The quantitative estimate of drug-likeness (QED) is 0.927. The lowest BCUT2D eigenvalue weighted by Crippen LogP contribution is -2.46. The Kier molecular flexibility index (Phi) is 4.91. The first-order valence-corrected chi connectivity index (χ1v) is 8.23. The van der Waals surface area contributed by atoms with E-state index in [-0.39, 0.29) is 0 Å². The van der Waals surface area contributed by atoms with E-state index in [9.17, 15) is 0 Å². The van der Waals surface area contributed by atoms with E-state index in [4.69, 9.17) is 0 Å². The molecule has 1 aliphatic rings. The lowest BCUT2D eigenvalue weighted by atomic mass is 9.87. The number of likely N-dealkylation sites (N-methyl/N-ethyl adjacent to an activating group) is 1. The van der Waals surface area contributed by atoms with Crippen LogP contribution in [0, 0.1) is 6.92 Å². The minimum Gasteiger partial charge on any atom is -0.309 e. The Morgan fingerprint density at radius 3 is 2.64 bits per heavy atom. The van der Waals surface area contributed by atoms with Gasteiger partial charge in [-0.15, -0.1) is 0 Å². The second kappa shape index (κ2) is 7.08. The van der Waals surface area contributed by atoms with Crippen molar-refractivity contribution in [1.29, 1.82) is 0 Å². The third-order valence-electron chi connectivity index (χ3n) is 4.58. The van der Waals surface area contributed by atoms with Crippen LogP contribution < -0.4 is 5.32 Å². The second-order valence-corrected chi connectivity index (χ2v) is 6.63. The molecule has 1 N–H and O–H groups in total. The van der Waals surface area contributed by atoms with E-state index < -0.39 is 0 Å². The highest BCUT2D eigenvalue weighted by Gasteiger charge is 2.26. The molecule has 2 aromatic rings. The molecule has 2 atom stereocenters. The summed E-state index contributed by atoms with van der Waals surface area (Å²) < 4.78 is 0. The van der Waals surface area contributed by atoms with Crippen LogP contribution in [0.15, 0.2) is 54.6 Å². The van der Waals surface area contributed by atoms with Gasteiger partial charge >= 0.3 is 0 Å². The molecule has 0 radical (unpaired) electrons. The molecule has 2 nitrogen and oxygen atoms in total. The van der Waals surface area contributed by atoms with Gasteiger partial charge in [-0.2, -0.15) is 0 Å². The summed E-state index contributed by atoms with van der Waals surface area (Å²) in [6.45, 7) is 5.43. The smallest absolute Gasteiger partial charge is 0.0208 e. The van der Waals surface area contributed by atoms with Crippen LogP contribution >= 0.6 is 0 Å². The number of hydrogen-bond donors (Lipinski definition) is 1. The number of nitrogens with zero attached hydrogens (tertiary/aromatic N) is 1. The van der Waals surface area contributed by atoms with Gasteiger partial charge in [0.2, 0.25) is 0 Å². The molecule has 3 rings (SSSR count). The normalized spacial score (nSPS) is 22.6. The molecule has 22 heavy (non-hydrogen) atoms. The number of rotatable bonds is 4. The summed E-state index contributed by atoms with van der Waals surface area (Å²) in [4.78, 5) is 2.46. The molecule has 0 aliphatic carbocycles. The predicted molar refractivity (Wildman–Crippen MR) is 93.1 cm³/mol. The summed E-state index contributed by atoms with van der Waals surface area (Å²) >= 11 is 0. The van der Waals surface area contributed by atoms with Gasteiger partial charge in [-0.1, -0.05) is 60.2 Å². The van der Waals surface area contributed by atoms with Gasteiger partial charge in [-0.25, -0.2) is 0 Å². The Hall–Kier alpha value is -1.64. The summed E-state index contributed by atoms with van der Waals surface area (Å²) in [5.41, 5.74) is 4.21. The Bertz CT molecular complexity index is 594. The van der Waals surface area contributed by atoms with Crippen molar-refractivity contribution < 1.29 is 0 Å². The van der Waals surface area contributed by atoms with Crippen LogP contribution in [0.4, 0.5) is 0 Å². The second-order valence-electron chi connectivity index (χ2n) is 6.63. The molecule has 2 aromatic carbocycles. The molecule has 1 heterocycles. The minimum absolute atomic E-state index is 0.560. The first-order chi connectivity index (χ1) is 10.7. The highest BCUT2D eigenvalue weighted by atomic mass is 15.1. The fourth-order valence-electron chi connectivity index (χ4n) is 3.49. The van der Waals surface area contributed by atoms with Gasteiger partial charge in [0.15, 0.2) is 0 Å². The van der Waals surface area contributed by atoms with Crippen molar-refractivity contribution in [2.45, 2.75) is 31.8 Å². The highest BCUT2D eigenvalue weighted by molar-refractivity contribution is 5.26. The molecular formula is C20H26N2. The Balaban J connectivity index is 1.63. The standard InChI is InChI=1S/C20H26N2/c1-16-7-6-10-18(11-16)19-12-20(15-22(2)14-19)21-13-17-8-4-3-5-9-17/h3-11,19-21H,12-15H2,1-2H3. The van der Waals surface area contributed by atoms with Crippen LogP contribution in [0.1, 0.15) is 29.0 Å². The van der Waals surface area contributed by atoms with Crippen LogP contribution in [0.3, 0.4) is 0 Å².